The minimum atomic E-state index is -0.286. The van der Waals surface area contributed by atoms with Crippen LogP contribution in [-0.2, 0) is 20.9 Å². The van der Waals surface area contributed by atoms with Crippen LogP contribution < -0.4 is 0 Å². The molecule has 1 saturated carbocycles. The maximum absolute atomic E-state index is 12.6. The molecular weight excluding hydrogens is 304 g/mol. The Morgan fingerprint density at radius 3 is 2.71 bits per heavy atom. The molecule has 0 radical (unpaired) electrons. The zero-order chi connectivity index (χ0) is 17.2. The average molecular weight is 332 g/mol. The van der Waals surface area contributed by atoms with Crippen LogP contribution >= 0.6 is 0 Å². The van der Waals surface area contributed by atoms with Gasteiger partial charge >= 0.3 is 5.97 Å². The number of ether oxygens (including phenoxy) is 1. The number of hydrogen-bond donors (Lipinski definition) is 0. The van der Waals surface area contributed by atoms with Crippen LogP contribution in [0.15, 0.2) is 24.5 Å². The molecule has 0 unspecified atom stereocenters. The van der Waals surface area contributed by atoms with Gasteiger partial charge in [-0.3, -0.25) is 14.6 Å². The van der Waals surface area contributed by atoms with E-state index in [1.807, 2.05) is 12.1 Å². The standard InChI is InChI=1S/C19H28N2O3/c1-24-19(23)11-13-21(15-17-8-5-12-20-14-17)18(22)10-9-16-6-3-2-4-7-16/h5,8,12,14,16H,2-4,6-7,9-11,13,15H2,1H3. The van der Waals surface area contributed by atoms with Crippen molar-refractivity contribution in [3.8, 4) is 0 Å². The van der Waals surface area contributed by atoms with Crippen molar-refractivity contribution in [3.05, 3.63) is 30.1 Å². The van der Waals surface area contributed by atoms with Crippen molar-refractivity contribution in [1.82, 2.24) is 9.88 Å². The summed E-state index contributed by atoms with van der Waals surface area (Å²) in [4.78, 5) is 29.9. The fourth-order valence-corrected chi connectivity index (χ4v) is 3.29. The summed E-state index contributed by atoms with van der Waals surface area (Å²) < 4.78 is 4.70. The van der Waals surface area contributed by atoms with Crippen molar-refractivity contribution in [2.75, 3.05) is 13.7 Å². The molecule has 1 amide bonds. The van der Waals surface area contributed by atoms with Gasteiger partial charge in [-0.15, -0.1) is 0 Å². The first kappa shape index (κ1) is 18.4. The van der Waals surface area contributed by atoms with Crippen molar-refractivity contribution in [2.24, 2.45) is 5.92 Å². The van der Waals surface area contributed by atoms with E-state index in [-0.39, 0.29) is 18.3 Å². The Balaban J connectivity index is 1.89. The number of hydrogen-bond acceptors (Lipinski definition) is 4. The Morgan fingerprint density at radius 1 is 1.25 bits per heavy atom. The van der Waals surface area contributed by atoms with Gasteiger partial charge in [-0.1, -0.05) is 38.2 Å². The van der Waals surface area contributed by atoms with Crippen molar-refractivity contribution >= 4 is 11.9 Å². The second kappa shape index (κ2) is 10.1. The van der Waals surface area contributed by atoms with E-state index in [4.69, 9.17) is 4.74 Å². The highest BCUT2D eigenvalue weighted by Crippen LogP contribution is 2.27. The maximum Gasteiger partial charge on any atom is 0.307 e. The minimum Gasteiger partial charge on any atom is -0.469 e. The summed E-state index contributed by atoms with van der Waals surface area (Å²) in [7, 11) is 1.37. The van der Waals surface area contributed by atoms with Crippen molar-refractivity contribution < 1.29 is 14.3 Å². The predicted molar refractivity (Wildman–Crippen MR) is 92.1 cm³/mol. The Labute approximate surface area is 144 Å². The zero-order valence-electron chi connectivity index (χ0n) is 14.6. The van der Waals surface area contributed by atoms with Gasteiger partial charge in [0.05, 0.1) is 13.5 Å². The molecule has 5 nitrogen and oxygen atoms in total. The second-order valence-electron chi connectivity index (χ2n) is 6.55. The number of rotatable bonds is 8. The van der Waals surface area contributed by atoms with Crippen LogP contribution in [0.25, 0.3) is 0 Å². The first-order chi connectivity index (χ1) is 11.7. The summed E-state index contributed by atoms with van der Waals surface area (Å²) >= 11 is 0. The van der Waals surface area contributed by atoms with Crippen LogP contribution in [-0.4, -0.2) is 35.4 Å². The molecule has 1 aromatic heterocycles. The highest BCUT2D eigenvalue weighted by atomic mass is 16.5. The molecule has 0 N–H and O–H groups in total. The van der Waals surface area contributed by atoms with Gasteiger partial charge < -0.3 is 9.64 Å². The summed E-state index contributed by atoms with van der Waals surface area (Å²) in [5.41, 5.74) is 0.980. The monoisotopic (exact) mass is 332 g/mol. The lowest BCUT2D eigenvalue weighted by molar-refractivity contribution is -0.142. The quantitative estimate of drug-likeness (QED) is 0.685. The number of carbonyl (C=O) groups excluding carboxylic acids is 2. The summed E-state index contributed by atoms with van der Waals surface area (Å²) in [5.74, 6) is 0.517. The van der Waals surface area contributed by atoms with Crippen LogP contribution in [0.1, 0.15) is 56.9 Å². The molecule has 0 bridgehead atoms. The number of carbonyl (C=O) groups is 2. The van der Waals surface area contributed by atoms with E-state index in [2.05, 4.69) is 4.98 Å². The molecule has 0 aliphatic heterocycles. The van der Waals surface area contributed by atoms with Crippen LogP contribution in [0.2, 0.25) is 0 Å². The largest absolute Gasteiger partial charge is 0.469 e. The normalized spacial score (nSPS) is 15.0. The summed E-state index contributed by atoms with van der Waals surface area (Å²) in [6.07, 6.45) is 11.6. The minimum absolute atomic E-state index is 0.119. The smallest absolute Gasteiger partial charge is 0.307 e. The number of esters is 1. The fraction of sp³-hybridized carbons (Fsp3) is 0.632. The van der Waals surface area contributed by atoms with Gasteiger partial charge in [0.1, 0.15) is 0 Å². The Hall–Kier alpha value is -1.91. The molecule has 0 atom stereocenters. The number of methoxy groups -OCH3 is 1. The van der Waals surface area contributed by atoms with Gasteiger partial charge in [0.25, 0.3) is 0 Å². The average Bonchev–Trinajstić information content (AvgIpc) is 2.64. The van der Waals surface area contributed by atoms with E-state index >= 15 is 0 Å². The van der Waals surface area contributed by atoms with Gasteiger partial charge in [0.15, 0.2) is 0 Å². The molecule has 1 aliphatic rings. The lowest BCUT2D eigenvalue weighted by atomic mass is 9.86. The SMILES string of the molecule is COC(=O)CCN(Cc1cccnc1)C(=O)CCC1CCCCC1. The number of aromatic nitrogens is 1. The second-order valence-corrected chi connectivity index (χ2v) is 6.55. The van der Waals surface area contributed by atoms with E-state index in [9.17, 15) is 9.59 Å². The summed E-state index contributed by atoms with van der Waals surface area (Å²) in [5, 5.41) is 0. The van der Waals surface area contributed by atoms with Gasteiger partial charge in [0, 0.05) is 31.9 Å². The highest BCUT2D eigenvalue weighted by molar-refractivity contribution is 5.77. The molecule has 1 aliphatic carbocycles. The van der Waals surface area contributed by atoms with Gasteiger partial charge in [-0.05, 0) is 24.0 Å². The molecule has 132 valence electrons. The number of amides is 1. The molecule has 1 fully saturated rings. The Morgan fingerprint density at radius 2 is 2.04 bits per heavy atom. The van der Waals surface area contributed by atoms with Crippen molar-refractivity contribution in [3.63, 3.8) is 0 Å². The van der Waals surface area contributed by atoms with E-state index in [1.165, 1.54) is 39.2 Å². The summed E-state index contributed by atoms with van der Waals surface area (Å²) in [6, 6.07) is 3.81. The first-order valence-electron chi connectivity index (χ1n) is 8.92. The molecule has 0 saturated heterocycles. The van der Waals surface area contributed by atoms with Crippen LogP contribution in [0.5, 0.6) is 0 Å². The Bertz CT molecular complexity index is 513. The van der Waals surface area contributed by atoms with Crippen molar-refractivity contribution in [2.45, 2.75) is 57.9 Å². The third-order valence-corrected chi connectivity index (χ3v) is 4.75. The molecule has 0 spiro atoms. The van der Waals surface area contributed by atoms with Gasteiger partial charge in [0.2, 0.25) is 5.91 Å². The molecule has 0 aromatic carbocycles. The third kappa shape index (κ3) is 6.30. The maximum atomic E-state index is 12.6. The Kier molecular flexibility index (Phi) is 7.72. The van der Waals surface area contributed by atoms with E-state index < -0.39 is 0 Å². The fourth-order valence-electron chi connectivity index (χ4n) is 3.29. The summed E-state index contributed by atoms with van der Waals surface area (Å²) in [6.45, 7) is 0.888. The topological polar surface area (TPSA) is 59.5 Å². The van der Waals surface area contributed by atoms with E-state index in [1.54, 1.807) is 17.3 Å². The molecule has 1 aromatic rings. The lowest BCUT2D eigenvalue weighted by Crippen LogP contribution is -2.33. The van der Waals surface area contributed by atoms with Crippen LogP contribution in [0, 0.1) is 5.92 Å². The van der Waals surface area contributed by atoms with Crippen LogP contribution in [0.3, 0.4) is 0 Å². The van der Waals surface area contributed by atoms with E-state index in [0.717, 1.165) is 12.0 Å². The predicted octanol–water partition coefficient (Wildman–Crippen LogP) is 3.33. The molecule has 1 heterocycles. The molecule has 24 heavy (non-hydrogen) atoms. The van der Waals surface area contributed by atoms with Gasteiger partial charge in [-0.2, -0.15) is 0 Å². The lowest BCUT2D eigenvalue weighted by Gasteiger charge is -2.25. The van der Waals surface area contributed by atoms with Gasteiger partial charge in [-0.25, -0.2) is 0 Å². The van der Waals surface area contributed by atoms with E-state index in [0.29, 0.717) is 25.4 Å². The third-order valence-electron chi connectivity index (χ3n) is 4.75. The first-order valence-corrected chi connectivity index (χ1v) is 8.92. The molecule has 2 rings (SSSR count). The molecular formula is C19H28N2O3. The van der Waals surface area contributed by atoms with Crippen LogP contribution in [0.4, 0.5) is 0 Å². The molecule has 5 heteroatoms. The van der Waals surface area contributed by atoms with Crippen molar-refractivity contribution in [1.29, 1.82) is 0 Å². The number of pyridine rings is 1. The zero-order valence-corrected chi connectivity index (χ0v) is 14.6. The highest BCUT2D eigenvalue weighted by Gasteiger charge is 2.19. The number of nitrogens with zero attached hydrogens (tertiary/aromatic N) is 2.